The van der Waals surface area contributed by atoms with Gasteiger partial charge in [-0.15, -0.1) is 10.2 Å². The van der Waals surface area contributed by atoms with Gasteiger partial charge in [-0.3, -0.25) is 0 Å². The zero-order chi connectivity index (χ0) is 24.3. The monoisotopic (exact) mass is 508 g/mol. The first-order chi connectivity index (χ1) is 16.1. The Morgan fingerprint density at radius 1 is 1.26 bits per heavy atom. The Hall–Kier alpha value is -2.73. The Morgan fingerprint density at radius 2 is 1.97 bits per heavy atom. The van der Waals surface area contributed by atoms with Crippen LogP contribution in [0.3, 0.4) is 0 Å². The predicted octanol–water partition coefficient (Wildman–Crippen LogP) is 2.31. The Morgan fingerprint density at radius 3 is 2.56 bits per heavy atom. The number of nitrogens with zero attached hydrogens (tertiary/aromatic N) is 6. The molecule has 0 amide bonds. The summed E-state index contributed by atoms with van der Waals surface area (Å²) in [4.78, 5) is 2.01. The number of rotatable bonds is 6. The molecule has 2 fully saturated rings. The summed E-state index contributed by atoms with van der Waals surface area (Å²) < 4.78 is 56.8. The van der Waals surface area contributed by atoms with Crippen LogP contribution in [0.15, 0.2) is 23.2 Å². The molecule has 1 aliphatic heterocycles. The van der Waals surface area contributed by atoms with E-state index >= 15 is 0 Å². The highest BCUT2D eigenvalue weighted by molar-refractivity contribution is 7.89. The largest absolute Gasteiger partial charge is 0.353 e. The molecule has 0 aromatic carbocycles. The lowest BCUT2D eigenvalue weighted by atomic mass is 10.1. The van der Waals surface area contributed by atoms with Crippen LogP contribution in [0.5, 0.6) is 0 Å². The number of nitrogens with one attached hydrogen (secondary N) is 2. The number of pyridine rings is 1. The van der Waals surface area contributed by atoms with E-state index in [0.717, 1.165) is 11.3 Å². The van der Waals surface area contributed by atoms with Gasteiger partial charge in [-0.25, -0.2) is 21.7 Å². The lowest BCUT2D eigenvalue weighted by Gasteiger charge is -2.37. The van der Waals surface area contributed by atoms with Gasteiger partial charge >= 0.3 is 0 Å². The lowest BCUT2D eigenvalue weighted by Crippen LogP contribution is -2.54. The molecule has 2 aliphatic rings. The second kappa shape index (κ2) is 8.19. The smallest absolute Gasteiger partial charge is 0.291 e. The fourth-order valence-electron chi connectivity index (χ4n) is 4.21. The third kappa shape index (κ3) is 4.13. The predicted molar refractivity (Wildman–Crippen MR) is 121 cm³/mol. The van der Waals surface area contributed by atoms with E-state index in [1.165, 1.54) is 18.3 Å². The maximum Gasteiger partial charge on any atom is 0.291 e. The second-order valence-corrected chi connectivity index (χ2v) is 11.5. The summed E-state index contributed by atoms with van der Waals surface area (Å²) in [6.07, 6.45) is -0.382. The molecule has 10 nitrogen and oxygen atoms in total. The Labute approximate surface area is 198 Å². The van der Waals surface area contributed by atoms with Gasteiger partial charge in [0.2, 0.25) is 10.0 Å². The fraction of sp³-hybridized carbons (Fsp3) is 0.500. The molecule has 1 saturated heterocycles. The van der Waals surface area contributed by atoms with Gasteiger partial charge in [-0.1, -0.05) is 11.3 Å². The number of anilines is 1. The van der Waals surface area contributed by atoms with Crippen LogP contribution in [0, 0.1) is 11.3 Å². The highest BCUT2D eigenvalue weighted by Crippen LogP contribution is 2.38. The number of sulfonamides is 1. The van der Waals surface area contributed by atoms with E-state index in [1.807, 2.05) is 24.8 Å². The van der Waals surface area contributed by atoms with Gasteiger partial charge in [-0.2, -0.15) is 15.1 Å². The fourth-order valence-corrected chi connectivity index (χ4v) is 6.34. The number of aromatic nitrogens is 4. The van der Waals surface area contributed by atoms with Crippen molar-refractivity contribution in [2.75, 3.05) is 18.0 Å². The Balaban J connectivity index is 1.67. The van der Waals surface area contributed by atoms with Gasteiger partial charge in [0.15, 0.2) is 10.0 Å². The van der Waals surface area contributed by atoms with Crippen LogP contribution in [-0.4, -0.2) is 58.9 Å². The van der Waals surface area contributed by atoms with Gasteiger partial charge < -0.3 is 10.2 Å². The average molecular weight is 509 g/mol. The van der Waals surface area contributed by atoms with Crippen molar-refractivity contribution in [3.05, 3.63) is 23.3 Å². The van der Waals surface area contributed by atoms with Crippen LogP contribution in [0.4, 0.5) is 14.6 Å². The van der Waals surface area contributed by atoms with Gasteiger partial charge in [0.25, 0.3) is 6.43 Å². The van der Waals surface area contributed by atoms with E-state index in [9.17, 15) is 22.5 Å². The average Bonchev–Trinajstić information content (AvgIpc) is 3.18. The summed E-state index contributed by atoms with van der Waals surface area (Å²) in [5.41, 5.74) is -0.284. The first-order valence-electron chi connectivity index (χ1n) is 10.7. The molecule has 180 valence electrons. The number of fused-ring (bicyclic) bond motifs is 1. The molecule has 3 aromatic rings. The van der Waals surface area contributed by atoms with Crippen molar-refractivity contribution in [2.24, 2.45) is 0 Å². The van der Waals surface area contributed by atoms with Crippen LogP contribution in [-0.2, 0) is 10.0 Å². The quantitative estimate of drug-likeness (QED) is 0.519. The van der Waals surface area contributed by atoms with Crippen LogP contribution in [0.1, 0.15) is 38.1 Å². The first kappa shape index (κ1) is 23.0. The van der Waals surface area contributed by atoms with E-state index in [1.54, 1.807) is 4.52 Å². The van der Waals surface area contributed by atoms with Crippen molar-refractivity contribution in [1.82, 2.24) is 29.9 Å². The van der Waals surface area contributed by atoms with Gasteiger partial charge in [0, 0.05) is 31.2 Å². The molecule has 1 saturated carbocycles. The summed E-state index contributed by atoms with van der Waals surface area (Å²) in [7, 11) is -4.04. The molecular weight excluding hydrogens is 486 g/mol. The SMILES string of the molecule is C[C@H]1CN(c2cc(S(=O)(=O)NC3(C#N)CC3)cc3c(-c4nnc(C(F)F)s4)cnn23)C[C@H](C)N1. The zero-order valence-corrected chi connectivity index (χ0v) is 20.0. The normalized spacial score (nSPS) is 22.3. The standard InChI is InChI=1S/C20H22F2N8O2S2/c1-11-8-29(9-12(2)25-11)16-6-13(34(31,32)28-20(10-23)3-4-20)5-15-14(7-24-30(15)16)18-26-27-19(33-18)17(21)22/h5-7,11-12,17,25,28H,3-4,8-9H2,1-2H3/t11-,12-/m0/s1. The summed E-state index contributed by atoms with van der Waals surface area (Å²) in [5.74, 6) is 0.546. The molecule has 0 radical (unpaired) electrons. The van der Waals surface area contributed by atoms with E-state index < -0.39 is 27.0 Å². The molecule has 2 atom stereocenters. The molecule has 14 heteroatoms. The molecule has 5 rings (SSSR count). The molecule has 4 heterocycles. The third-order valence-electron chi connectivity index (χ3n) is 5.92. The Kier molecular flexibility index (Phi) is 5.55. The van der Waals surface area contributed by atoms with Crippen molar-refractivity contribution < 1.29 is 17.2 Å². The van der Waals surface area contributed by atoms with Gasteiger partial charge in [0.05, 0.1) is 28.2 Å². The summed E-state index contributed by atoms with van der Waals surface area (Å²) in [6, 6.07) is 5.30. The zero-order valence-electron chi connectivity index (χ0n) is 18.4. The van der Waals surface area contributed by atoms with Crippen LogP contribution < -0.4 is 14.9 Å². The van der Waals surface area contributed by atoms with Crippen LogP contribution >= 0.6 is 11.3 Å². The van der Waals surface area contributed by atoms with Crippen molar-refractivity contribution in [1.29, 1.82) is 5.26 Å². The van der Waals surface area contributed by atoms with E-state index in [2.05, 4.69) is 25.3 Å². The Bertz CT molecular complexity index is 1380. The minimum atomic E-state index is -4.04. The van der Waals surface area contributed by atoms with E-state index in [4.69, 9.17) is 0 Å². The lowest BCUT2D eigenvalue weighted by molar-refractivity contribution is 0.150. The second-order valence-electron chi connectivity index (χ2n) is 8.82. The highest BCUT2D eigenvalue weighted by Gasteiger charge is 2.47. The van der Waals surface area contributed by atoms with Crippen LogP contribution in [0.2, 0.25) is 0 Å². The minimum Gasteiger partial charge on any atom is -0.353 e. The number of alkyl halides is 2. The van der Waals surface area contributed by atoms with E-state index in [0.29, 0.717) is 42.8 Å². The summed E-state index contributed by atoms with van der Waals surface area (Å²) in [6.45, 7) is 5.30. The maximum atomic E-state index is 13.3. The molecule has 3 aromatic heterocycles. The third-order valence-corrected chi connectivity index (χ3v) is 8.40. The summed E-state index contributed by atoms with van der Waals surface area (Å²) in [5, 5.41) is 24.5. The number of hydrogen-bond donors (Lipinski definition) is 2. The van der Waals surface area contributed by atoms with Crippen molar-refractivity contribution >= 4 is 32.7 Å². The molecule has 0 bridgehead atoms. The summed E-state index contributed by atoms with van der Waals surface area (Å²) >= 11 is 0.735. The van der Waals surface area contributed by atoms with E-state index in [-0.39, 0.29) is 22.0 Å². The molecule has 0 spiro atoms. The van der Waals surface area contributed by atoms with Crippen LogP contribution in [0.25, 0.3) is 16.1 Å². The highest BCUT2D eigenvalue weighted by atomic mass is 32.2. The number of piperazine rings is 1. The van der Waals surface area contributed by atoms with Crippen molar-refractivity contribution in [3.8, 4) is 16.6 Å². The topological polar surface area (TPSA) is 128 Å². The molecule has 1 aliphatic carbocycles. The molecule has 2 N–H and O–H groups in total. The number of halogens is 2. The molecular formula is C20H22F2N8O2S2. The first-order valence-corrected chi connectivity index (χ1v) is 13.0. The minimum absolute atomic E-state index is 0.0317. The van der Waals surface area contributed by atoms with Gasteiger partial charge in [-0.05, 0) is 32.8 Å². The van der Waals surface area contributed by atoms with Crippen molar-refractivity contribution in [2.45, 2.75) is 55.6 Å². The molecule has 34 heavy (non-hydrogen) atoms. The maximum absolute atomic E-state index is 13.3. The number of nitriles is 1. The van der Waals surface area contributed by atoms with Crippen molar-refractivity contribution in [3.63, 3.8) is 0 Å². The van der Waals surface area contributed by atoms with Gasteiger partial charge in [0.1, 0.15) is 11.4 Å². The molecule has 0 unspecified atom stereocenters. The number of hydrogen-bond acceptors (Lipinski definition) is 9.